The molecule has 3 nitrogen and oxygen atoms in total. The zero-order chi connectivity index (χ0) is 12.4. The largest absolute Gasteiger partial charge is 0.329 e. The third kappa shape index (κ3) is 2.40. The van der Waals surface area contributed by atoms with Crippen LogP contribution in [0.4, 0.5) is 4.39 Å². The number of nitrogens with one attached hydrogen (secondary N) is 1. The average molecular weight is 298 g/mol. The lowest BCUT2D eigenvalue weighted by Gasteiger charge is -2.05. The van der Waals surface area contributed by atoms with Gasteiger partial charge in [0, 0.05) is 19.2 Å². The Morgan fingerprint density at radius 2 is 2.00 bits per heavy atom. The van der Waals surface area contributed by atoms with Gasteiger partial charge in [-0.05, 0) is 47.2 Å². The van der Waals surface area contributed by atoms with Gasteiger partial charge in [-0.2, -0.15) is 0 Å². The Bertz CT molecular complexity index is 519. The van der Waals surface area contributed by atoms with Crippen molar-refractivity contribution < 1.29 is 4.39 Å². The minimum Gasteiger partial charge on any atom is -0.329 e. The predicted octanol–water partition coefficient (Wildman–Crippen LogP) is 2.71. The molecule has 0 saturated heterocycles. The highest BCUT2D eigenvalue weighted by Gasteiger charge is 2.13. The highest BCUT2D eigenvalue weighted by atomic mass is 79.9. The Morgan fingerprint density at radius 3 is 2.59 bits per heavy atom. The molecule has 0 unspecified atom stereocenters. The van der Waals surface area contributed by atoms with E-state index in [4.69, 9.17) is 0 Å². The molecule has 17 heavy (non-hydrogen) atoms. The van der Waals surface area contributed by atoms with Gasteiger partial charge in [0.15, 0.2) is 0 Å². The normalized spacial score (nSPS) is 10.8. The van der Waals surface area contributed by atoms with Gasteiger partial charge in [0.05, 0.1) is 5.69 Å². The van der Waals surface area contributed by atoms with E-state index in [1.165, 1.54) is 12.1 Å². The molecule has 2 rings (SSSR count). The molecule has 2 aromatic rings. The molecule has 0 aliphatic rings. The van der Waals surface area contributed by atoms with Crippen LogP contribution in [-0.2, 0) is 13.6 Å². The zero-order valence-electron chi connectivity index (χ0n) is 9.67. The Balaban J connectivity index is 2.46. The first-order valence-electron chi connectivity index (χ1n) is 5.25. The second kappa shape index (κ2) is 4.98. The van der Waals surface area contributed by atoms with Gasteiger partial charge in [-0.25, -0.2) is 9.37 Å². The SMILES string of the molecule is CNCc1c(Br)nc(-c2ccc(F)cc2)n1C. The van der Waals surface area contributed by atoms with E-state index in [0.717, 1.165) is 28.2 Å². The molecule has 5 heteroatoms. The summed E-state index contributed by atoms with van der Waals surface area (Å²) in [6, 6.07) is 6.34. The number of imidazole rings is 1. The molecule has 1 aromatic carbocycles. The van der Waals surface area contributed by atoms with Crippen LogP contribution in [0.15, 0.2) is 28.9 Å². The molecule has 0 spiro atoms. The van der Waals surface area contributed by atoms with E-state index in [9.17, 15) is 4.39 Å². The molecule has 0 atom stereocenters. The number of benzene rings is 1. The zero-order valence-corrected chi connectivity index (χ0v) is 11.3. The summed E-state index contributed by atoms with van der Waals surface area (Å²) in [5.74, 6) is 0.583. The van der Waals surface area contributed by atoms with Crippen LogP contribution >= 0.6 is 15.9 Å². The summed E-state index contributed by atoms with van der Waals surface area (Å²) in [6.45, 7) is 0.727. The Labute approximate surface area is 108 Å². The van der Waals surface area contributed by atoms with E-state index >= 15 is 0 Å². The summed E-state index contributed by atoms with van der Waals surface area (Å²) in [5.41, 5.74) is 1.96. The highest BCUT2D eigenvalue weighted by Crippen LogP contribution is 2.24. The summed E-state index contributed by atoms with van der Waals surface area (Å²) in [4.78, 5) is 4.45. The standard InChI is InChI=1S/C12H13BrFN3/c1-15-7-10-11(13)16-12(17(10)2)8-3-5-9(14)6-4-8/h3-6,15H,7H2,1-2H3. The molecule has 1 heterocycles. The van der Waals surface area contributed by atoms with Gasteiger partial charge in [-0.1, -0.05) is 0 Å². The number of hydrogen-bond acceptors (Lipinski definition) is 2. The summed E-state index contributed by atoms with van der Waals surface area (Å²) in [6.07, 6.45) is 0. The first-order chi connectivity index (χ1) is 8.13. The van der Waals surface area contributed by atoms with E-state index in [0.29, 0.717) is 0 Å². The fraction of sp³-hybridized carbons (Fsp3) is 0.250. The third-order valence-corrected chi connectivity index (χ3v) is 3.25. The number of nitrogens with zero attached hydrogens (tertiary/aromatic N) is 2. The molecular formula is C12H13BrFN3. The van der Waals surface area contributed by atoms with E-state index in [1.807, 2.05) is 18.7 Å². The van der Waals surface area contributed by atoms with Crippen molar-refractivity contribution in [3.63, 3.8) is 0 Å². The topological polar surface area (TPSA) is 29.9 Å². The summed E-state index contributed by atoms with van der Waals surface area (Å²) in [5, 5.41) is 3.09. The lowest BCUT2D eigenvalue weighted by molar-refractivity contribution is 0.628. The summed E-state index contributed by atoms with van der Waals surface area (Å²) >= 11 is 3.43. The van der Waals surface area contributed by atoms with Crippen LogP contribution in [0.25, 0.3) is 11.4 Å². The number of halogens is 2. The van der Waals surface area contributed by atoms with Crippen molar-refractivity contribution in [2.45, 2.75) is 6.54 Å². The molecular weight excluding hydrogens is 285 g/mol. The minimum absolute atomic E-state index is 0.238. The smallest absolute Gasteiger partial charge is 0.141 e. The summed E-state index contributed by atoms with van der Waals surface area (Å²) < 4.78 is 15.7. The first kappa shape index (κ1) is 12.3. The van der Waals surface area contributed by atoms with Crippen LogP contribution in [0.5, 0.6) is 0 Å². The van der Waals surface area contributed by atoms with Gasteiger partial charge >= 0.3 is 0 Å². The second-order valence-corrected chi connectivity index (χ2v) is 4.52. The van der Waals surface area contributed by atoms with Gasteiger partial charge < -0.3 is 9.88 Å². The van der Waals surface area contributed by atoms with Crippen LogP contribution in [0.3, 0.4) is 0 Å². The Hall–Kier alpha value is -1.20. The van der Waals surface area contributed by atoms with Crippen LogP contribution in [0.2, 0.25) is 0 Å². The first-order valence-corrected chi connectivity index (χ1v) is 6.04. The summed E-state index contributed by atoms with van der Waals surface area (Å²) in [7, 11) is 3.83. The van der Waals surface area contributed by atoms with Crippen molar-refractivity contribution in [2.24, 2.45) is 7.05 Å². The molecule has 1 N–H and O–H groups in total. The van der Waals surface area contributed by atoms with Crippen molar-refractivity contribution in [1.82, 2.24) is 14.9 Å². The van der Waals surface area contributed by atoms with Gasteiger partial charge in [0.2, 0.25) is 0 Å². The molecule has 0 bridgehead atoms. The van der Waals surface area contributed by atoms with Crippen LogP contribution in [0.1, 0.15) is 5.69 Å². The van der Waals surface area contributed by atoms with E-state index < -0.39 is 0 Å². The van der Waals surface area contributed by atoms with E-state index in [1.54, 1.807) is 12.1 Å². The number of hydrogen-bond donors (Lipinski definition) is 1. The van der Waals surface area contributed by atoms with Gasteiger partial charge in [0.25, 0.3) is 0 Å². The molecule has 0 amide bonds. The fourth-order valence-corrected chi connectivity index (χ4v) is 2.29. The molecule has 0 aliphatic carbocycles. The molecule has 90 valence electrons. The lowest BCUT2D eigenvalue weighted by Crippen LogP contribution is -2.10. The number of rotatable bonds is 3. The maximum Gasteiger partial charge on any atom is 0.141 e. The van der Waals surface area contributed by atoms with Gasteiger partial charge in [-0.3, -0.25) is 0 Å². The average Bonchev–Trinajstić information content (AvgIpc) is 2.59. The van der Waals surface area contributed by atoms with Crippen molar-refractivity contribution in [1.29, 1.82) is 0 Å². The van der Waals surface area contributed by atoms with Gasteiger partial charge in [-0.15, -0.1) is 0 Å². The van der Waals surface area contributed by atoms with Crippen molar-refractivity contribution in [3.05, 3.63) is 40.4 Å². The molecule has 0 aliphatic heterocycles. The molecule has 1 aromatic heterocycles. The van der Waals surface area contributed by atoms with E-state index in [-0.39, 0.29) is 5.82 Å². The minimum atomic E-state index is -0.238. The van der Waals surface area contributed by atoms with Crippen molar-refractivity contribution >= 4 is 15.9 Å². The maximum atomic E-state index is 12.9. The monoisotopic (exact) mass is 297 g/mol. The predicted molar refractivity (Wildman–Crippen MR) is 69.1 cm³/mol. The van der Waals surface area contributed by atoms with Crippen LogP contribution in [0, 0.1) is 5.82 Å². The third-order valence-electron chi connectivity index (χ3n) is 2.61. The van der Waals surface area contributed by atoms with Crippen molar-refractivity contribution in [3.8, 4) is 11.4 Å². The van der Waals surface area contributed by atoms with E-state index in [2.05, 4.69) is 26.2 Å². The lowest BCUT2D eigenvalue weighted by atomic mass is 10.2. The van der Waals surface area contributed by atoms with Crippen LogP contribution in [-0.4, -0.2) is 16.6 Å². The van der Waals surface area contributed by atoms with Crippen LogP contribution < -0.4 is 5.32 Å². The maximum absolute atomic E-state index is 12.9. The second-order valence-electron chi connectivity index (χ2n) is 3.77. The Morgan fingerprint density at radius 1 is 1.35 bits per heavy atom. The molecule has 0 saturated carbocycles. The number of aromatic nitrogens is 2. The van der Waals surface area contributed by atoms with Gasteiger partial charge in [0.1, 0.15) is 16.2 Å². The highest BCUT2D eigenvalue weighted by molar-refractivity contribution is 9.10. The molecule has 0 fully saturated rings. The fourth-order valence-electron chi connectivity index (χ4n) is 1.71. The Kier molecular flexibility index (Phi) is 3.59. The quantitative estimate of drug-likeness (QED) is 0.944. The molecule has 0 radical (unpaired) electrons. The van der Waals surface area contributed by atoms with Crippen molar-refractivity contribution in [2.75, 3.05) is 7.05 Å².